The van der Waals surface area contributed by atoms with Crippen LogP contribution in [0.5, 0.6) is 5.75 Å². The number of benzene rings is 2. The van der Waals surface area contributed by atoms with Crippen LogP contribution in [0.1, 0.15) is 13.3 Å². The van der Waals surface area contributed by atoms with Gasteiger partial charge in [0, 0.05) is 20.0 Å². The molecule has 26 heavy (non-hydrogen) atoms. The van der Waals surface area contributed by atoms with Gasteiger partial charge < -0.3 is 9.64 Å². The third-order valence-corrected chi connectivity index (χ3v) is 4.37. The van der Waals surface area contributed by atoms with Gasteiger partial charge in [-0.3, -0.25) is 20.0 Å². The van der Waals surface area contributed by atoms with E-state index in [9.17, 15) is 9.59 Å². The molecule has 6 nitrogen and oxygen atoms in total. The Kier molecular flexibility index (Phi) is 5.41. The Morgan fingerprint density at radius 3 is 2.62 bits per heavy atom. The lowest BCUT2D eigenvalue weighted by atomic mass is 10.1. The number of hydrogen-bond acceptors (Lipinski definition) is 4. The van der Waals surface area contributed by atoms with Gasteiger partial charge in [0.2, 0.25) is 11.8 Å². The summed E-state index contributed by atoms with van der Waals surface area (Å²) in [5.74, 6) is 0.0231. The predicted octanol–water partition coefficient (Wildman–Crippen LogP) is 2.61. The topological polar surface area (TPSA) is 61.9 Å². The number of para-hydroxylation sites is 3. The summed E-state index contributed by atoms with van der Waals surface area (Å²) in [5, 5.41) is 1.67. The zero-order chi connectivity index (χ0) is 18.5. The van der Waals surface area contributed by atoms with Gasteiger partial charge in [-0.15, -0.1) is 0 Å². The SMILES string of the molecule is CCOc1ccccc1N1CC(C(=O)NN(C)c2ccccc2)CC1=O. The van der Waals surface area contributed by atoms with E-state index in [-0.39, 0.29) is 18.2 Å². The van der Waals surface area contributed by atoms with Gasteiger partial charge in [0.1, 0.15) is 5.75 Å². The van der Waals surface area contributed by atoms with Crippen LogP contribution in [0.25, 0.3) is 0 Å². The van der Waals surface area contributed by atoms with Crippen molar-refractivity contribution in [2.75, 3.05) is 30.1 Å². The minimum absolute atomic E-state index is 0.0698. The first-order valence-corrected chi connectivity index (χ1v) is 8.71. The molecule has 0 radical (unpaired) electrons. The average molecular weight is 353 g/mol. The highest BCUT2D eigenvalue weighted by atomic mass is 16.5. The smallest absolute Gasteiger partial charge is 0.243 e. The standard InChI is InChI=1S/C20H23N3O3/c1-3-26-18-12-8-7-11-17(18)23-14-15(13-19(23)24)20(25)21-22(2)16-9-5-4-6-10-16/h4-12,15H,3,13-14H2,1-2H3,(H,21,25). The van der Waals surface area contributed by atoms with Crippen molar-refractivity contribution in [3.8, 4) is 5.75 Å². The Morgan fingerprint density at radius 2 is 1.88 bits per heavy atom. The Morgan fingerprint density at radius 1 is 1.19 bits per heavy atom. The van der Waals surface area contributed by atoms with Crippen LogP contribution in [-0.4, -0.2) is 32.0 Å². The summed E-state index contributed by atoms with van der Waals surface area (Å²) in [4.78, 5) is 26.7. The first kappa shape index (κ1) is 17.8. The summed E-state index contributed by atoms with van der Waals surface area (Å²) < 4.78 is 5.61. The molecule has 1 fully saturated rings. The molecule has 3 rings (SSSR count). The maximum atomic E-state index is 12.6. The first-order valence-electron chi connectivity index (χ1n) is 8.71. The molecule has 1 heterocycles. The second kappa shape index (κ2) is 7.91. The third-order valence-electron chi connectivity index (χ3n) is 4.37. The molecule has 0 aromatic heterocycles. The fourth-order valence-electron chi connectivity index (χ4n) is 3.05. The minimum Gasteiger partial charge on any atom is -0.492 e. The largest absolute Gasteiger partial charge is 0.492 e. The predicted molar refractivity (Wildman–Crippen MR) is 101 cm³/mol. The molecule has 2 aromatic carbocycles. The number of hydrogen-bond donors (Lipinski definition) is 1. The van der Waals surface area contributed by atoms with Crippen molar-refractivity contribution >= 4 is 23.2 Å². The average Bonchev–Trinajstić information content (AvgIpc) is 3.05. The minimum atomic E-state index is -0.400. The number of nitrogens with zero attached hydrogens (tertiary/aromatic N) is 2. The van der Waals surface area contributed by atoms with E-state index >= 15 is 0 Å². The molecule has 1 aliphatic rings. The molecule has 6 heteroatoms. The fraction of sp³-hybridized carbons (Fsp3) is 0.300. The number of rotatable bonds is 6. The van der Waals surface area contributed by atoms with Gasteiger partial charge in [-0.2, -0.15) is 0 Å². The van der Waals surface area contributed by atoms with Gasteiger partial charge in [-0.1, -0.05) is 30.3 Å². The summed E-state index contributed by atoms with van der Waals surface area (Å²) in [7, 11) is 1.78. The van der Waals surface area contributed by atoms with Crippen LogP contribution < -0.4 is 20.1 Å². The number of nitrogens with one attached hydrogen (secondary N) is 1. The fourth-order valence-corrected chi connectivity index (χ4v) is 3.05. The van der Waals surface area contributed by atoms with Gasteiger partial charge in [-0.25, -0.2) is 0 Å². The first-order chi connectivity index (χ1) is 12.6. The molecule has 2 amide bonds. The van der Waals surface area contributed by atoms with Crippen molar-refractivity contribution < 1.29 is 14.3 Å². The highest BCUT2D eigenvalue weighted by Gasteiger charge is 2.36. The molecule has 0 spiro atoms. The number of carbonyl (C=O) groups is 2. The second-order valence-electron chi connectivity index (χ2n) is 6.18. The summed E-state index contributed by atoms with van der Waals surface area (Å²) in [5.41, 5.74) is 4.45. The summed E-state index contributed by atoms with van der Waals surface area (Å²) in [6, 6.07) is 17.0. The van der Waals surface area contributed by atoms with E-state index < -0.39 is 5.92 Å². The lowest BCUT2D eigenvalue weighted by Crippen LogP contribution is -2.43. The lowest BCUT2D eigenvalue weighted by molar-refractivity contribution is -0.126. The van der Waals surface area contributed by atoms with Gasteiger partial charge in [0.05, 0.1) is 23.9 Å². The summed E-state index contributed by atoms with van der Waals surface area (Å²) in [6.45, 7) is 2.76. The van der Waals surface area contributed by atoms with Gasteiger partial charge in [0.15, 0.2) is 0 Å². The van der Waals surface area contributed by atoms with Crippen LogP contribution in [-0.2, 0) is 9.59 Å². The summed E-state index contributed by atoms with van der Waals surface area (Å²) >= 11 is 0. The van der Waals surface area contributed by atoms with E-state index in [2.05, 4.69) is 5.43 Å². The van der Waals surface area contributed by atoms with Gasteiger partial charge >= 0.3 is 0 Å². The second-order valence-corrected chi connectivity index (χ2v) is 6.18. The Bertz CT molecular complexity index is 779. The lowest BCUT2D eigenvalue weighted by Gasteiger charge is -2.23. The molecular weight excluding hydrogens is 330 g/mol. The number of amides is 2. The molecular formula is C20H23N3O3. The maximum Gasteiger partial charge on any atom is 0.243 e. The van der Waals surface area contributed by atoms with Gasteiger partial charge in [0.25, 0.3) is 0 Å². The van der Waals surface area contributed by atoms with Crippen molar-refractivity contribution in [3.05, 3.63) is 54.6 Å². The zero-order valence-electron chi connectivity index (χ0n) is 15.0. The summed E-state index contributed by atoms with van der Waals surface area (Å²) in [6.07, 6.45) is 0.189. The van der Waals surface area contributed by atoms with Crippen LogP contribution in [0.4, 0.5) is 11.4 Å². The number of ether oxygens (including phenoxy) is 1. The molecule has 1 N–H and O–H groups in total. The molecule has 1 atom stereocenters. The Labute approximate surface area is 153 Å². The van der Waals surface area contributed by atoms with E-state index in [0.29, 0.717) is 24.6 Å². The van der Waals surface area contributed by atoms with Crippen LogP contribution >= 0.6 is 0 Å². The van der Waals surface area contributed by atoms with Gasteiger partial charge in [-0.05, 0) is 31.2 Å². The molecule has 0 saturated carbocycles. The van der Waals surface area contributed by atoms with E-state index in [1.54, 1.807) is 17.0 Å². The van der Waals surface area contributed by atoms with Crippen molar-refractivity contribution in [1.29, 1.82) is 0 Å². The number of anilines is 2. The van der Waals surface area contributed by atoms with Crippen molar-refractivity contribution in [2.45, 2.75) is 13.3 Å². The molecule has 0 aliphatic carbocycles. The van der Waals surface area contributed by atoms with E-state index in [4.69, 9.17) is 4.74 Å². The molecule has 1 unspecified atom stereocenters. The molecule has 1 aliphatic heterocycles. The van der Waals surface area contributed by atoms with E-state index in [1.807, 2.05) is 61.5 Å². The highest BCUT2D eigenvalue weighted by molar-refractivity contribution is 6.01. The van der Waals surface area contributed by atoms with Crippen molar-refractivity contribution in [3.63, 3.8) is 0 Å². The van der Waals surface area contributed by atoms with E-state index in [0.717, 1.165) is 5.69 Å². The Hall–Kier alpha value is -3.02. The van der Waals surface area contributed by atoms with Crippen molar-refractivity contribution in [2.24, 2.45) is 5.92 Å². The number of hydrazine groups is 1. The number of carbonyl (C=O) groups excluding carboxylic acids is 2. The van der Waals surface area contributed by atoms with E-state index in [1.165, 1.54) is 0 Å². The van der Waals surface area contributed by atoms with Crippen molar-refractivity contribution in [1.82, 2.24) is 5.43 Å². The molecule has 136 valence electrons. The monoisotopic (exact) mass is 353 g/mol. The zero-order valence-corrected chi connectivity index (χ0v) is 15.0. The Balaban J connectivity index is 1.69. The normalized spacial score (nSPS) is 16.5. The van der Waals surface area contributed by atoms with Crippen LogP contribution in [0.2, 0.25) is 0 Å². The highest BCUT2D eigenvalue weighted by Crippen LogP contribution is 2.33. The van der Waals surface area contributed by atoms with Crippen LogP contribution in [0.3, 0.4) is 0 Å². The molecule has 0 bridgehead atoms. The van der Waals surface area contributed by atoms with Crippen LogP contribution in [0.15, 0.2) is 54.6 Å². The maximum absolute atomic E-state index is 12.6. The molecule has 2 aromatic rings. The molecule has 1 saturated heterocycles. The quantitative estimate of drug-likeness (QED) is 0.811. The van der Waals surface area contributed by atoms with Crippen LogP contribution in [0, 0.1) is 5.92 Å². The third kappa shape index (κ3) is 3.79.